The topological polar surface area (TPSA) is 105 Å². The Morgan fingerprint density at radius 2 is 2.42 bits per heavy atom. The van der Waals surface area contributed by atoms with Gasteiger partial charge in [0.2, 0.25) is 0 Å². The summed E-state index contributed by atoms with van der Waals surface area (Å²) in [6.45, 7) is 0.420. The van der Waals surface area contributed by atoms with Crippen molar-refractivity contribution in [3.05, 3.63) is 17.3 Å². The lowest BCUT2D eigenvalue weighted by Crippen LogP contribution is -1.92. The molecule has 1 rings (SSSR count). The van der Waals surface area contributed by atoms with Crippen LogP contribution in [0.2, 0.25) is 0 Å². The molecule has 0 fully saturated rings. The second-order valence-electron chi connectivity index (χ2n) is 2.15. The fourth-order valence-electron chi connectivity index (χ4n) is 0.794. The van der Waals surface area contributed by atoms with E-state index in [1.54, 1.807) is 12.2 Å². The van der Waals surface area contributed by atoms with Gasteiger partial charge in [0.15, 0.2) is 5.82 Å². The highest BCUT2D eigenvalue weighted by atomic mass is 15.2. The first kappa shape index (κ1) is 8.30. The maximum atomic E-state index is 8.63. The minimum atomic E-state index is 0.217. The van der Waals surface area contributed by atoms with E-state index >= 15 is 0 Å². The van der Waals surface area contributed by atoms with Crippen LogP contribution in [0.5, 0.6) is 0 Å². The van der Waals surface area contributed by atoms with Gasteiger partial charge in [0.25, 0.3) is 0 Å². The summed E-state index contributed by atoms with van der Waals surface area (Å²) in [7, 11) is 0. The van der Waals surface area contributed by atoms with Gasteiger partial charge in [-0.1, -0.05) is 6.08 Å². The molecule has 0 unspecified atom stereocenters. The first-order chi connectivity index (χ1) is 5.79. The molecule has 0 saturated heterocycles. The minimum absolute atomic E-state index is 0.217. The smallest absolute Gasteiger partial charge is 0.163 e. The van der Waals surface area contributed by atoms with Crippen molar-refractivity contribution < 1.29 is 0 Å². The van der Waals surface area contributed by atoms with Gasteiger partial charge in [-0.25, -0.2) is 0 Å². The predicted octanol–water partition coefficient (Wildman–Crippen LogP) is -0.165. The average Bonchev–Trinajstić information content (AvgIpc) is 2.43. The minimum Gasteiger partial charge on any atom is -0.381 e. The summed E-state index contributed by atoms with van der Waals surface area (Å²) >= 11 is 0. The molecule has 0 aliphatic heterocycles. The number of H-pyrrole nitrogens is 1. The molecule has 0 aliphatic rings. The number of aromatic nitrogens is 2. The summed E-state index contributed by atoms with van der Waals surface area (Å²) in [6, 6.07) is 1.94. The van der Waals surface area contributed by atoms with Gasteiger partial charge in [0.1, 0.15) is 11.6 Å². The Balaban J connectivity index is 3.01. The van der Waals surface area contributed by atoms with E-state index in [4.69, 9.17) is 16.7 Å². The van der Waals surface area contributed by atoms with E-state index in [2.05, 4.69) is 10.2 Å². The second kappa shape index (κ2) is 3.55. The number of nitrogens with two attached hydrogens (primary N) is 2. The third-order valence-corrected chi connectivity index (χ3v) is 1.35. The molecule has 0 saturated carbocycles. The molecular formula is C7H9N5. The van der Waals surface area contributed by atoms with E-state index < -0.39 is 0 Å². The summed E-state index contributed by atoms with van der Waals surface area (Å²) in [5, 5.41) is 14.9. The summed E-state index contributed by atoms with van der Waals surface area (Å²) in [5.74, 6) is 0.217. The number of rotatable bonds is 2. The molecule has 0 aliphatic carbocycles. The van der Waals surface area contributed by atoms with Gasteiger partial charge < -0.3 is 11.5 Å². The zero-order valence-electron chi connectivity index (χ0n) is 6.41. The molecule has 12 heavy (non-hydrogen) atoms. The molecule has 1 heterocycles. The first-order valence-corrected chi connectivity index (χ1v) is 3.40. The molecule has 1 aromatic rings. The van der Waals surface area contributed by atoms with Crippen molar-refractivity contribution in [2.45, 2.75) is 0 Å². The van der Waals surface area contributed by atoms with E-state index in [1.807, 2.05) is 6.07 Å². The predicted molar refractivity (Wildman–Crippen MR) is 45.8 cm³/mol. The maximum absolute atomic E-state index is 8.63. The zero-order valence-corrected chi connectivity index (χ0v) is 6.41. The summed E-state index contributed by atoms with van der Waals surface area (Å²) in [6.07, 6.45) is 3.40. The van der Waals surface area contributed by atoms with E-state index in [9.17, 15) is 0 Å². The number of anilines is 1. The third kappa shape index (κ3) is 1.44. The summed E-state index contributed by atoms with van der Waals surface area (Å²) in [5.41, 5.74) is 11.6. The van der Waals surface area contributed by atoms with E-state index in [1.165, 1.54) is 0 Å². The standard InChI is InChI=1S/C7H9N5/c8-3-1-2-6-5(4-9)7(10)12-11-6/h1-2H,3,8H2,(H3,10,11,12). The molecule has 1 aromatic heterocycles. The highest BCUT2D eigenvalue weighted by molar-refractivity contribution is 5.62. The molecule has 0 atom stereocenters. The van der Waals surface area contributed by atoms with Crippen molar-refractivity contribution in [1.29, 1.82) is 5.26 Å². The van der Waals surface area contributed by atoms with Crippen LogP contribution in [-0.2, 0) is 0 Å². The Morgan fingerprint density at radius 1 is 1.67 bits per heavy atom. The zero-order chi connectivity index (χ0) is 8.97. The Morgan fingerprint density at radius 3 is 3.00 bits per heavy atom. The van der Waals surface area contributed by atoms with Crippen molar-refractivity contribution in [3.8, 4) is 6.07 Å². The molecule has 0 spiro atoms. The molecule has 5 N–H and O–H groups in total. The van der Waals surface area contributed by atoms with Crippen LogP contribution in [-0.4, -0.2) is 16.7 Å². The lowest BCUT2D eigenvalue weighted by Gasteiger charge is -1.85. The van der Waals surface area contributed by atoms with E-state index in [0.29, 0.717) is 17.8 Å². The summed E-state index contributed by atoms with van der Waals surface area (Å²) in [4.78, 5) is 0. The Bertz CT molecular complexity index is 330. The van der Waals surface area contributed by atoms with Gasteiger partial charge >= 0.3 is 0 Å². The molecule has 62 valence electrons. The van der Waals surface area contributed by atoms with Crippen LogP contribution in [0.3, 0.4) is 0 Å². The van der Waals surface area contributed by atoms with Gasteiger partial charge in [-0.3, -0.25) is 5.10 Å². The molecule has 0 amide bonds. The Labute approximate surface area is 69.7 Å². The van der Waals surface area contributed by atoms with Crippen molar-refractivity contribution in [3.63, 3.8) is 0 Å². The van der Waals surface area contributed by atoms with Crippen LogP contribution in [0.1, 0.15) is 11.3 Å². The van der Waals surface area contributed by atoms with Gasteiger partial charge in [0, 0.05) is 6.54 Å². The molecule has 0 radical (unpaired) electrons. The number of hydrogen-bond donors (Lipinski definition) is 3. The van der Waals surface area contributed by atoms with Crippen molar-refractivity contribution in [1.82, 2.24) is 10.2 Å². The molecule has 5 nitrogen and oxygen atoms in total. The van der Waals surface area contributed by atoms with Crippen LogP contribution in [0.4, 0.5) is 5.82 Å². The molecule has 0 bridgehead atoms. The van der Waals surface area contributed by atoms with E-state index in [-0.39, 0.29) is 5.82 Å². The first-order valence-electron chi connectivity index (χ1n) is 3.40. The lowest BCUT2D eigenvalue weighted by molar-refractivity contribution is 1.09. The van der Waals surface area contributed by atoms with Crippen LogP contribution >= 0.6 is 0 Å². The number of nitrogen functional groups attached to an aromatic ring is 1. The van der Waals surface area contributed by atoms with Gasteiger partial charge in [-0.05, 0) is 6.08 Å². The molecule has 5 heteroatoms. The van der Waals surface area contributed by atoms with Crippen LogP contribution in [0.25, 0.3) is 6.08 Å². The summed E-state index contributed by atoms with van der Waals surface area (Å²) < 4.78 is 0. The van der Waals surface area contributed by atoms with Gasteiger partial charge in [-0.15, -0.1) is 0 Å². The molecular weight excluding hydrogens is 154 g/mol. The van der Waals surface area contributed by atoms with E-state index in [0.717, 1.165) is 0 Å². The van der Waals surface area contributed by atoms with Crippen molar-refractivity contribution in [2.75, 3.05) is 12.3 Å². The Kier molecular flexibility index (Phi) is 2.46. The number of nitriles is 1. The highest BCUT2D eigenvalue weighted by Gasteiger charge is 2.05. The lowest BCUT2D eigenvalue weighted by atomic mass is 10.2. The fraction of sp³-hybridized carbons (Fsp3) is 0.143. The number of nitrogens with zero attached hydrogens (tertiary/aromatic N) is 2. The van der Waals surface area contributed by atoms with Gasteiger partial charge in [-0.2, -0.15) is 10.4 Å². The monoisotopic (exact) mass is 163 g/mol. The normalized spacial score (nSPS) is 10.3. The number of aromatic amines is 1. The number of nitrogens with one attached hydrogen (secondary N) is 1. The molecule has 0 aromatic carbocycles. The SMILES string of the molecule is N#Cc1c(N)n[nH]c1C=CCN. The third-order valence-electron chi connectivity index (χ3n) is 1.35. The van der Waals surface area contributed by atoms with Crippen LogP contribution in [0.15, 0.2) is 6.08 Å². The van der Waals surface area contributed by atoms with Gasteiger partial charge in [0.05, 0.1) is 5.69 Å². The fourth-order valence-corrected chi connectivity index (χ4v) is 0.794. The largest absolute Gasteiger partial charge is 0.381 e. The second-order valence-corrected chi connectivity index (χ2v) is 2.15. The van der Waals surface area contributed by atoms with Crippen LogP contribution in [0, 0.1) is 11.3 Å². The number of hydrogen-bond acceptors (Lipinski definition) is 4. The Hall–Kier alpha value is -1.80. The highest BCUT2D eigenvalue weighted by Crippen LogP contribution is 2.12. The van der Waals surface area contributed by atoms with Crippen LogP contribution < -0.4 is 11.5 Å². The maximum Gasteiger partial charge on any atom is 0.163 e. The van der Waals surface area contributed by atoms with Crippen molar-refractivity contribution in [2.24, 2.45) is 5.73 Å². The average molecular weight is 163 g/mol. The van der Waals surface area contributed by atoms with Crippen molar-refractivity contribution >= 4 is 11.9 Å². The quantitative estimate of drug-likeness (QED) is 0.563.